The Bertz CT molecular complexity index is 849. The molecule has 2 rings (SSSR count). The third-order valence-corrected chi connectivity index (χ3v) is 5.70. The summed E-state index contributed by atoms with van der Waals surface area (Å²) in [6.07, 6.45) is -0.117. The lowest BCUT2D eigenvalue weighted by Gasteiger charge is -2.14. The third kappa shape index (κ3) is 4.98. The minimum atomic E-state index is -3.61. The van der Waals surface area contributed by atoms with Crippen molar-refractivity contribution in [2.24, 2.45) is 0 Å². The number of nitrogens with one attached hydrogen (secondary N) is 1. The molecule has 0 saturated heterocycles. The summed E-state index contributed by atoms with van der Waals surface area (Å²) >= 11 is 0. The SMILES string of the molecule is COc1ccc(S(=O)(=O)CCC(=O)NC(C)c2ccccc2)cc1OC. The predicted molar refractivity (Wildman–Crippen MR) is 99.2 cm³/mol. The highest BCUT2D eigenvalue weighted by molar-refractivity contribution is 7.91. The maximum Gasteiger partial charge on any atom is 0.221 e. The van der Waals surface area contributed by atoms with Crippen molar-refractivity contribution < 1.29 is 22.7 Å². The number of ether oxygens (including phenoxy) is 2. The largest absolute Gasteiger partial charge is 0.493 e. The van der Waals surface area contributed by atoms with Gasteiger partial charge in [-0.2, -0.15) is 0 Å². The van der Waals surface area contributed by atoms with Gasteiger partial charge in [0.2, 0.25) is 5.91 Å². The van der Waals surface area contributed by atoms with Crippen LogP contribution in [0.3, 0.4) is 0 Å². The van der Waals surface area contributed by atoms with Gasteiger partial charge in [-0.1, -0.05) is 30.3 Å². The van der Waals surface area contributed by atoms with E-state index >= 15 is 0 Å². The zero-order chi connectivity index (χ0) is 19.2. The van der Waals surface area contributed by atoms with Crippen LogP contribution in [0, 0.1) is 0 Å². The number of methoxy groups -OCH3 is 2. The Balaban J connectivity index is 2.00. The molecule has 0 saturated carbocycles. The molecule has 1 unspecified atom stereocenters. The Morgan fingerprint density at radius 1 is 1.04 bits per heavy atom. The summed E-state index contributed by atoms with van der Waals surface area (Å²) in [7, 11) is -0.696. The van der Waals surface area contributed by atoms with Crippen molar-refractivity contribution in [2.75, 3.05) is 20.0 Å². The van der Waals surface area contributed by atoms with Crippen LogP contribution in [-0.2, 0) is 14.6 Å². The van der Waals surface area contributed by atoms with E-state index in [1.165, 1.54) is 32.4 Å². The van der Waals surface area contributed by atoms with Crippen LogP contribution in [0.15, 0.2) is 53.4 Å². The van der Waals surface area contributed by atoms with Crippen LogP contribution in [0.25, 0.3) is 0 Å². The summed E-state index contributed by atoms with van der Waals surface area (Å²) in [5.74, 6) is 0.178. The van der Waals surface area contributed by atoms with Gasteiger partial charge in [-0.3, -0.25) is 4.79 Å². The summed E-state index contributed by atoms with van der Waals surface area (Å²) in [5, 5.41) is 2.81. The fourth-order valence-corrected chi connectivity index (χ4v) is 3.75. The van der Waals surface area contributed by atoms with Crippen molar-refractivity contribution in [2.45, 2.75) is 24.3 Å². The summed E-state index contributed by atoms with van der Waals surface area (Å²) in [6, 6.07) is 13.7. The molecule has 0 bridgehead atoms. The molecule has 140 valence electrons. The number of carbonyl (C=O) groups excluding carboxylic acids is 1. The van der Waals surface area contributed by atoms with Gasteiger partial charge in [-0.05, 0) is 24.6 Å². The van der Waals surface area contributed by atoms with Crippen LogP contribution < -0.4 is 14.8 Å². The maximum atomic E-state index is 12.5. The summed E-state index contributed by atoms with van der Waals surface area (Å²) < 4.78 is 35.2. The van der Waals surface area contributed by atoms with Gasteiger partial charge in [0.1, 0.15) is 0 Å². The molecule has 0 heterocycles. The van der Waals surface area contributed by atoms with E-state index in [4.69, 9.17) is 9.47 Å². The molecule has 0 aromatic heterocycles. The van der Waals surface area contributed by atoms with Crippen molar-refractivity contribution in [3.63, 3.8) is 0 Å². The number of benzene rings is 2. The Morgan fingerprint density at radius 2 is 1.69 bits per heavy atom. The first-order chi connectivity index (χ1) is 12.4. The molecule has 26 heavy (non-hydrogen) atoms. The van der Waals surface area contributed by atoms with Gasteiger partial charge in [0.15, 0.2) is 21.3 Å². The second-order valence-corrected chi connectivity index (χ2v) is 7.89. The van der Waals surface area contributed by atoms with Crippen molar-refractivity contribution in [3.8, 4) is 11.5 Å². The van der Waals surface area contributed by atoms with Gasteiger partial charge < -0.3 is 14.8 Å². The van der Waals surface area contributed by atoms with Gasteiger partial charge in [0, 0.05) is 12.5 Å². The van der Waals surface area contributed by atoms with Crippen molar-refractivity contribution in [1.29, 1.82) is 0 Å². The van der Waals surface area contributed by atoms with E-state index in [1.54, 1.807) is 0 Å². The number of carbonyl (C=O) groups is 1. The first kappa shape index (κ1) is 19.8. The lowest BCUT2D eigenvalue weighted by molar-refractivity contribution is -0.121. The molecule has 1 amide bonds. The molecule has 2 aromatic rings. The van der Waals surface area contributed by atoms with Crippen molar-refractivity contribution >= 4 is 15.7 Å². The lowest BCUT2D eigenvalue weighted by Crippen LogP contribution is -2.28. The number of hydrogen-bond acceptors (Lipinski definition) is 5. The first-order valence-electron chi connectivity index (χ1n) is 8.16. The minimum absolute atomic E-state index is 0.0963. The molecule has 0 spiro atoms. The van der Waals surface area contributed by atoms with Crippen molar-refractivity contribution in [3.05, 3.63) is 54.1 Å². The smallest absolute Gasteiger partial charge is 0.221 e. The Labute approximate surface area is 154 Å². The molecule has 6 nitrogen and oxygen atoms in total. The van der Waals surface area contributed by atoms with E-state index in [9.17, 15) is 13.2 Å². The Kier molecular flexibility index (Phi) is 6.63. The molecule has 0 radical (unpaired) electrons. The molecular weight excluding hydrogens is 354 g/mol. The van der Waals surface area contributed by atoms with Crippen molar-refractivity contribution in [1.82, 2.24) is 5.32 Å². The average Bonchev–Trinajstić information content (AvgIpc) is 2.66. The number of amides is 1. The molecule has 7 heteroatoms. The van der Waals surface area contributed by atoms with Crippen LogP contribution >= 0.6 is 0 Å². The maximum absolute atomic E-state index is 12.5. The average molecular weight is 377 g/mol. The zero-order valence-corrected chi connectivity index (χ0v) is 15.9. The Hall–Kier alpha value is -2.54. The predicted octanol–water partition coefficient (Wildman–Crippen LogP) is 2.75. The molecule has 0 aliphatic rings. The first-order valence-corrected chi connectivity index (χ1v) is 9.81. The molecule has 1 N–H and O–H groups in total. The number of rotatable bonds is 8. The van der Waals surface area contributed by atoms with Gasteiger partial charge >= 0.3 is 0 Å². The van der Waals surface area contributed by atoms with Crippen LogP contribution in [0.4, 0.5) is 0 Å². The fourth-order valence-electron chi connectivity index (χ4n) is 2.49. The van der Waals surface area contributed by atoms with Crippen LogP contribution in [0.2, 0.25) is 0 Å². The van der Waals surface area contributed by atoms with E-state index in [2.05, 4.69) is 5.32 Å². The highest BCUT2D eigenvalue weighted by atomic mass is 32.2. The molecule has 0 fully saturated rings. The molecule has 1 atom stereocenters. The minimum Gasteiger partial charge on any atom is -0.493 e. The van der Waals surface area contributed by atoms with Gasteiger partial charge in [0.25, 0.3) is 0 Å². The topological polar surface area (TPSA) is 81.7 Å². The second kappa shape index (κ2) is 8.71. The third-order valence-electron chi connectivity index (χ3n) is 3.99. The van der Waals surface area contributed by atoms with Crippen LogP contribution in [0.1, 0.15) is 24.9 Å². The van der Waals surface area contributed by atoms with Crippen LogP contribution in [-0.4, -0.2) is 34.3 Å². The number of hydrogen-bond donors (Lipinski definition) is 1. The summed E-state index contributed by atoms with van der Waals surface area (Å²) in [5.41, 5.74) is 0.962. The normalized spacial score (nSPS) is 12.3. The van der Waals surface area contributed by atoms with Crippen LogP contribution in [0.5, 0.6) is 11.5 Å². The highest BCUT2D eigenvalue weighted by Crippen LogP contribution is 2.29. The summed E-state index contributed by atoms with van der Waals surface area (Å²) in [4.78, 5) is 12.2. The Morgan fingerprint density at radius 3 is 2.31 bits per heavy atom. The zero-order valence-electron chi connectivity index (χ0n) is 15.1. The van der Waals surface area contributed by atoms with E-state index in [0.29, 0.717) is 11.5 Å². The van der Waals surface area contributed by atoms with E-state index in [-0.39, 0.29) is 29.0 Å². The molecule has 2 aromatic carbocycles. The van der Waals surface area contributed by atoms with Gasteiger partial charge in [-0.25, -0.2) is 8.42 Å². The van der Waals surface area contributed by atoms with Gasteiger partial charge in [0.05, 0.1) is 30.9 Å². The quantitative estimate of drug-likeness (QED) is 0.765. The number of sulfone groups is 1. The highest BCUT2D eigenvalue weighted by Gasteiger charge is 2.19. The summed E-state index contributed by atoms with van der Waals surface area (Å²) in [6.45, 7) is 1.86. The van der Waals surface area contributed by atoms with E-state index in [0.717, 1.165) is 5.56 Å². The second-order valence-electron chi connectivity index (χ2n) is 5.79. The standard InChI is InChI=1S/C19H23NO5S/c1-14(15-7-5-4-6-8-15)20-19(21)11-12-26(22,23)16-9-10-17(24-2)18(13-16)25-3/h4-10,13-14H,11-12H2,1-3H3,(H,20,21). The van der Waals surface area contributed by atoms with E-state index in [1.807, 2.05) is 37.3 Å². The molecule has 0 aliphatic heterocycles. The molecular formula is C19H23NO5S. The van der Waals surface area contributed by atoms with E-state index < -0.39 is 9.84 Å². The molecule has 0 aliphatic carbocycles. The fraction of sp³-hybridized carbons (Fsp3) is 0.316. The lowest BCUT2D eigenvalue weighted by atomic mass is 10.1. The monoisotopic (exact) mass is 377 g/mol. The van der Waals surface area contributed by atoms with Gasteiger partial charge in [-0.15, -0.1) is 0 Å².